The molecule has 1 aromatic heterocycles. The van der Waals surface area contributed by atoms with Gasteiger partial charge in [-0.3, -0.25) is 0 Å². The molecule has 0 amide bonds. The van der Waals surface area contributed by atoms with Gasteiger partial charge in [-0.15, -0.1) is 0 Å². The summed E-state index contributed by atoms with van der Waals surface area (Å²) < 4.78 is 19.8. The van der Waals surface area contributed by atoms with Crippen LogP contribution in [0.15, 0.2) is 36.4 Å². The Morgan fingerprint density at radius 2 is 1.91 bits per heavy atom. The molecule has 2 N–H and O–H groups in total. The van der Waals surface area contributed by atoms with Crippen LogP contribution in [0.25, 0.3) is 33.3 Å². The maximum atomic E-state index is 15.9. The molecule has 6 nitrogen and oxygen atoms in total. The van der Waals surface area contributed by atoms with Crippen molar-refractivity contribution in [3.05, 3.63) is 60.5 Å². The van der Waals surface area contributed by atoms with E-state index >= 15 is 4.39 Å². The number of benzene rings is 3. The van der Waals surface area contributed by atoms with Crippen LogP contribution < -0.4 is 8.44 Å². The van der Waals surface area contributed by atoms with Crippen LogP contribution in [0.1, 0.15) is 29.8 Å². The normalized spacial score (nSPS) is 11.5. The minimum absolute atomic E-state index is 0.102. The Morgan fingerprint density at radius 3 is 2.59 bits per heavy atom. The van der Waals surface area contributed by atoms with Gasteiger partial charge in [-0.05, 0) is 0 Å². The van der Waals surface area contributed by atoms with Gasteiger partial charge in [0.2, 0.25) is 0 Å². The number of hydrogen-bond donors (Lipinski definition) is 2. The number of aromatic carboxylic acids is 1. The summed E-state index contributed by atoms with van der Waals surface area (Å²) in [6.07, 6.45) is 0. The standard InChI is InChI=1S/C24H20FI2N4O2.Tl/c1-12(2)28-11-13-5-4-6-14(7-13)20-18(26)10-16(22(27)21(20)25)15-8-17(24(32)33)23-19(9-15)29-30-31(23)3;/h4-9,12,28H,11H2,1-3H3,(H,32,33);. The van der Waals surface area contributed by atoms with Crippen LogP contribution in [0.4, 0.5) is 4.39 Å². The van der Waals surface area contributed by atoms with E-state index < -0.39 is 5.97 Å². The number of carboxylic acid groups (broad SMARTS) is 1. The van der Waals surface area contributed by atoms with Gasteiger partial charge in [-0.1, -0.05) is 0 Å². The van der Waals surface area contributed by atoms with Crippen LogP contribution in [0.3, 0.4) is 0 Å². The molecule has 4 aromatic rings. The Labute approximate surface area is 239 Å². The van der Waals surface area contributed by atoms with Crippen molar-refractivity contribution in [2.75, 3.05) is 0 Å². The van der Waals surface area contributed by atoms with Crippen LogP contribution in [-0.2, 0) is 13.6 Å². The topological polar surface area (TPSA) is 80.0 Å². The Morgan fingerprint density at radius 1 is 1.18 bits per heavy atom. The molecular weight excluding hydrogens is 853 g/mol. The molecule has 172 valence electrons. The van der Waals surface area contributed by atoms with E-state index in [9.17, 15) is 9.90 Å². The molecule has 0 fully saturated rings. The van der Waals surface area contributed by atoms with Gasteiger partial charge in [0.25, 0.3) is 0 Å². The third kappa shape index (κ3) is 4.89. The van der Waals surface area contributed by atoms with Gasteiger partial charge in [0, 0.05) is 0 Å². The van der Waals surface area contributed by atoms with E-state index in [4.69, 9.17) is 0 Å². The van der Waals surface area contributed by atoms with Gasteiger partial charge < -0.3 is 0 Å². The summed E-state index contributed by atoms with van der Waals surface area (Å²) in [4.78, 5) is 12.0. The second-order valence-electron chi connectivity index (χ2n) is 8.25. The van der Waals surface area contributed by atoms with Gasteiger partial charge in [-0.25, -0.2) is 0 Å². The summed E-state index contributed by atoms with van der Waals surface area (Å²) >= 11 is 4.67. The van der Waals surface area contributed by atoms with Crippen molar-refractivity contribution < 1.29 is 14.3 Å². The van der Waals surface area contributed by atoms with Crippen molar-refractivity contribution in [2.24, 2.45) is 7.05 Å². The summed E-state index contributed by atoms with van der Waals surface area (Å²) in [5.41, 5.74) is 4.94. The molecule has 10 heteroatoms. The maximum absolute atomic E-state index is 15.9. The zero-order chi connectivity index (χ0) is 24.7. The first-order valence-electron chi connectivity index (χ1n) is 10.5. The van der Waals surface area contributed by atoms with Crippen LogP contribution in [0.2, 0.25) is 0 Å². The monoisotopic (exact) mass is 874 g/mol. The molecule has 0 saturated carbocycles. The van der Waals surface area contributed by atoms with Crippen molar-refractivity contribution in [1.29, 1.82) is 0 Å². The molecule has 1 heterocycles. The SMILES string of the molecule is CC(C)NCc1cccc(-c2c(F)c(I)c(-c3cc(C(=O)O)c4c(c3)nnn4C)[c]([Tl])c2I)c1. The van der Waals surface area contributed by atoms with Gasteiger partial charge in [0.05, 0.1) is 0 Å². The van der Waals surface area contributed by atoms with Crippen molar-refractivity contribution in [1.82, 2.24) is 20.3 Å². The summed E-state index contributed by atoms with van der Waals surface area (Å²) in [5, 5.41) is 21.3. The molecule has 0 radical (unpaired) electrons. The molecule has 0 spiro atoms. The van der Waals surface area contributed by atoms with E-state index in [2.05, 4.69) is 52.1 Å². The van der Waals surface area contributed by atoms with Crippen molar-refractivity contribution >= 4 is 91.1 Å². The number of aryl methyl sites for hydroxylation is 1. The third-order valence-corrected chi connectivity index (χ3v) is 12.2. The fourth-order valence-electron chi connectivity index (χ4n) is 3.88. The third-order valence-electron chi connectivity index (χ3n) is 5.51. The zero-order valence-electron chi connectivity index (χ0n) is 18.7. The predicted molar refractivity (Wildman–Crippen MR) is 149 cm³/mol. The fourth-order valence-corrected chi connectivity index (χ4v) is 8.48. The molecule has 4 rings (SSSR count). The Kier molecular flexibility index (Phi) is 7.93. The van der Waals surface area contributed by atoms with Crippen molar-refractivity contribution in [3.8, 4) is 22.3 Å². The summed E-state index contributed by atoms with van der Waals surface area (Å²) in [6.45, 7) is 4.90. The Hall–Kier alpha value is -1.20. The van der Waals surface area contributed by atoms with E-state index in [1.54, 1.807) is 19.2 Å². The number of rotatable bonds is 6. The van der Waals surface area contributed by atoms with Crippen LogP contribution >= 0.6 is 45.2 Å². The van der Waals surface area contributed by atoms with E-state index in [1.165, 1.54) is 4.68 Å². The molecule has 0 aliphatic rings. The molecule has 34 heavy (non-hydrogen) atoms. The molecule has 0 saturated heterocycles. The first-order chi connectivity index (χ1) is 16.1. The molecule has 0 unspecified atom stereocenters. The van der Waals surface area contributed by atoms with E-state index in [-0.39, 0.29) is 11.4 Å². The van der Waals surface area contributed by atoms with Crippen LogP contribution in [-0.4, -0.2) is 57.9 Å². The van der Waals surface area contributed by atoms with Gasteiger partial charge >= 0.3 is 242 Å². The van der Waals surface area contributed by atoms with Crippen LogP contribution in [0, 0.1) is 13.0 Å². The quantitative estimate of drug-likeness (QED) is 0.168. The van der Waals surface area contributed by atoms with Gasteiger partial charge in [-0.2, -0.15) is 0 Å². The van der Waals surface area contributed by atoms with E-state index in [0.717, 1.165) is 23.4 Å². The fraction of sp³-hybridized carbons (Fsp3) is 0.208. The van der Waals surface area contributed by atoms with Crippen molar-refractivity contribution in [2.45, 2.75) is 26.4 Å². The van der Waals surface area contributed by atoms with E-state index in [1.807, 2.05) is 46.9 Å². The summed E-state index contributed by atoms with van der Waals surface area (Å²) in [5.74, 6) is -1.36. The van der Waals surface area contributed by atoms with Gasteiger partial charge in [0.15, 0.2) is 0 Å². The molecule has 3 aromatic carbocycles. The van der Waals surface area contributed by atoms with E-state index in [0.29, 0.717) is 64.1 Å². The predicted octanol–water partition coefficient (Wildman–Crippen LogP) is 4.64. The van der Waals surface area contributed by atoms with Crippen molar-refractivity contribution in [3.63, 3.8) is 0 Å². The number of nitrogens with one attached hydrogen (secondary N) is 1. The number of carbonyl (C=O) groups is 1. The number of aromatic nitrogens is 3. The Balaban J connectivity index is 1.90. The summed E-state index contributed by atoms with van der Waals surface area (Å²) in [6, 6.07) is 11.7. The van der Waals surface area contributed by atoms with Gasteiger partial charge in [0.1, 0.15) is 0 Å². The molecule has 0 bridgehead atoms. The number of carboxylic acids is 1. The molecular formula is C24H20FI2N4O2Tl. The minimum atomic E-state index is -1.07. The first-order valence-corrected chi connectivity index (χ1v) is 14.9. The average molecular weight is 874 g/mol. The molecule has 0 atom stereocenters. The Bertz CT molecular complexity index is 1410. The second kappa shape index (κ2) is 10.4. The second-order valence-corrected chi connectivity index (χ2v) is 12.7. The molecule has 0 aliphatic carbocycles. The number of hydrogen-bond acceptors (Lipinski definition) is 4. The number of halogens is 3. The first kappa shape index (κ1) is 25.9. The number of fused-ring (bicyclic) bond motifs is 1. The summed E-state index contributed by atoms with van der Waals surface area (Å²) in [7, 11) is 1.66. The average Bonchev–Trinajstić information content (AvgIpc) is 3.17. The molecule has 0 aliphatic heterocycles. The zero-order valence-corrected chi connectivity index (χ0v) is 27.5. The van der Waals surface area contributed by atoms with Crippen LogP contribution in [0.5, 0.6) is 0 Å². The number of nitrogens with zero attached hydrogens (tertiary/aromatic N) is 3.